The van der Waals surface area contributed by atoms with Crippen molar-refractivity contribution in [3.63, 3.8) is 0 Å². The summed E-state index contributed by atoms with van der Waals surface area (Å²) >= 11 is 0.970. The summed E-state index contributed by atoms with van der Waals surface area (Å²) in [6.07, 6.45) is -4.44. The van der Waals surface area contributed by atoms with Gasteiger partial charge in [0.15, 0.2) is 0 Å². The Labute approximate surface area is 98.8 Å². The number of halogens is 3. The lowest BCUT2D eigenvalue weighted by molar-refractivity contribution is -0.123. The average molecular weight is 266 g/mol. The average Bonchev–Trinajstić information content (AvgIpc) is 2.55. The highest BCUT2D eigenvalue weighted by atomic mass is 32.1. The first-order chi connectivity index (χ1) is 7.83. The monoisotopic (exact) mass is 266 g/mol. The molecular weight excluding hydrogens is 257 g/mol. The third-order valence-electron chi connectivity index (χ3n) is 1.84. The van der Waals surface area contributed by atoms with Gasteiger partial charge in [-0.3, -0.25) is 4.79 Å². The van der Waals surface area contributed by atoms with Crippen LogP contribution in [-0.4, -0.2) is 18.6 Å². The summed E-state index contributed by atoms with van der Waals surface area (Å²) in [5.74, 6) is -0.790. The Morgan fingerprint density at radius 2 is 2.18 bits per heavy atom. The van der Waals surface area contributed by atoms with E-state index in [1.54, 1.807) is 18.3 Å². The maximum Gasteiger partial charge on any atom is 0.405 e. The van der Waals surface area contributed by atoms with Crippen molar-refractivity contribution in [3.05, 3.63) is 26.3 Å². The zero-order valence-electron chi connectivity index (χ0n) is 8.80. The van der Waals surface area contributed by atoms with Crippen LogP contribution in [0.4, 0.5) is 13.2 Å². The number of aryl methyl sites for hydroxylation is 1. The Hall–Kier alpha value is -1.44. The minimum Gasteiger partial charge on any atom is -0.342 e. The van der Waals surface area contributed by atoms with Gasteiger partial charge in [0, 0.05) is 4.88 Å². The van der Waals surface area contributed by atoms with Crippen LogP contribution in [0.25, 0.3) is 0 Å². The highest BCUT2D eigenvalue weighted by Crippen LogP contribution is 2.23. The van der Waals surface area contributed by atoms with E-state index < -0.39 is 18.6 Å². The van der Waals surface area contributed by atoms with Gasteiger partial charge >= 0.3 is 6.18 Å². The lowest BCUT2D eigenvalue weighted by Crippen LogP contribution is -2.33. The van der Waals surface area contributed by atoms with Gasteiger partial charge in [-0.2, -0.15) is 18.1 Å². The van der Waals surface area contributed by atoms with Gasteiger partial charge in [0.25, 0.3) is 5.91 Å². The van der Waals surface area contributed by atoms with E-state index in [4.69, 9.17) is 0 Å². The van der Waals surface area contributed by atoms with E-state index in [0.717, 1.165) is 11.3 Å². The van der Waals surface area contributed by atoms with Gasteiger partial charge in [0.2, 0.25) is 0 Å². The molecule has 0 atom stereocenters. The highest BCUT2D eigenvalue weighted by molar-refractivity contribution is 7.14. The van der Waals surface area contributed by atoms with Crippen molar-refractivity contribution < 1.29 is 18.0 Å². The molecule has 0 aliphatic carbocycles. The number of carbonyl (C=O) groups is 1. The van der Waals surface area contributed by atoms with Gasteiger partial charge in [-0.25, -0.2) is 0 Å². The first-order valence-corrected chi connectivity index (χ1v) is 5.38. The van der Waals surface area contributed by atoms with Crippen LogP contribution < -0.4 is 5.32 Å². The van der Waals surface area contributed by atoms with Crippen molar-refractivity contribution in [2.24, 2.45) is 5.18 Å². The predicted octanol–water partition coefficient (Wildman–Crippen LogP) is 2.62. The normalized spacial score (nSPS) is 11.3. The van der Waals surface area contributed by atoms with Gasteiger partial charge in [-0.1, -0.05) is 5.18 Å². The molecule has 0 aliphatic heterocycles. The molecule has 0 radical (unpaired) electrons. The first kappa shape index (κ1) is 13.6. The van der Waals surface area contributed by atoms with Crippen LogP contribution in [0.5, 0.6) is 0 Å². The summed E-state index contributed by atoms with van der Waals surface area (Å²) in [6.45, 7) is 0.135. The Kier molecular flexibility index (Phi) is 4.22. The molecule has 0 aromatic carbocycles. The number of rotatable bonds is 4. The Morgan fingerprint density at radius 3 is 2.71 bits per heavy atom. The maximum atomic E-state index is 11.9. The molecule has 0 saturated heterocycles. The molecule has 0 fully saturated rings. The molecule has 1 aromatic heterocycles. The fraction of sp³-hybridized carbons (Fsp3) is 0.444. The second-order valence-electron chi connectivity index (χ2n) is 3.31. The number of nitroso groups, excluding NO2 is 1. The fourth-order valence-corrected chi connectivity index (χ4v) is 2.18. The van der Waals surface area contributed by atoms with E-state index in [-0.39, 0.29) is 11.4 Å². The third-order valence-corrected chi connectivity index (χ3v) is 3.07. The van der Waals surface area contributed by atoms with Crippen LogP contribution in [0.15, 0.2) is 11.2 Å². The van der Waals surface area contributed by atoms with Gasteiger partial charge in [-0.05, 0) is 18.6 Å². The van der Waals surface area contributed by atoms with E-state index in [0.29, 0.717) is 10.4 Å². The fourth-order valence-electron chi connectivity index (χ4n) is 1.18. The molecule has 0 unspecified atom stereocenters. The molecule has 0 aliphatic rings. The first-order valence-electron chi connectivity index (χ1n) is 4.57. The van der Waals surface area contributed by atoms with Crippen LogP contribution in [0.1, 0.15) is 20.1 Å². The number of nitrogens with one attached hydrogen (secondary N) is 1. The predicted molar refractivity (Wildman–Crippen MR) is 56.9 cm³/mol. The quantitative estimate of drug-likeness (QED) is 0.851. The number of hydrogen-bond donors (Lipinski definition) is 1. The highest BCUT2D eigenvalue weighted by Gasteiger charge is 2.28. The van der Waals surface area contributed by atoms with E-state index in [1.807, 2.05) is 0 Å². The molecule has 1 aromatic rings. The van der Waals surface area contributed by atoms with Crippen molar-refractivity contribution in [2.45, 2.75) is 19.6 Å². The van der Waals surface area contributed by atoms with Crippen LogP contribution in [-0.2, 0) is 6.54 Å². The molecule has 8 heteroatoms. The minimum absolute atomic E-state index is 0.0853. The van der Waals surface area contributed by atoms with Gasteiger partial charge in [-0.15, -0.1) is 11.3 Å². The summed E-state index contributed by atoms with van der Waals surface area (Å²) in [4.78, 5) is 22.2. The number of hydrogen-bond acceptors (Lipinski definition) is 4. The second kappa shape index (κ2) is 5.26. The topological polar surface area (TPSA) is 58.5 Å². The summed E-state index contributed by atoms with van der Waals surface area (Å²) in [6, 6.07) is 1.56. The lowest BCUT2D eigenvalue weighted by Gasteiger charge is -2.07. The molecule has 1 heterocycles. The molecule has 0 bridgehead atoms. The molecule has 94 valence electrons. The summed E-state index contributed by atoms with van der Waals surface area (Å²) in [5.41, 5.74) is 0.535. The van der Waals surface area contributed by atoms with Crippen LogP contribution >= 0.6 is 11.3 Å². The number of thiophene rings is 1. The minimum atomic E-state index is -4.44. The number of carbonyl (C=O) groups excluding carboxylic acids is 1. The van der Waals surface area contributed by atoms with Crippen molar-refractivity contribution >= 4 is 17.2 Å². The van der Waals surface area contributed by atoms with Crippen molar-refractivity contribution in [3.8, 4) is 0 Å². The third kappa shape index (κ3) is 4.14. The Morgan fingerprint density at radius 1 is 1.53 bits per heavy atom. The molecule has 17 heavy (non-hydrogen) atoms. The summed E-state index contributed by atoms with van der Waals surface area (Å²) < 4.78 is 35.7. The lowest BCUT2D eigenvalue weighted by atomic mass is 10.2. The van der Waals surface area contributed by atoms with E-state index in [1.165, 1.54) is 0 Å². The zero-order chi connectivity index (χ0) is 13.1. The van der Waals surface area contributed by atoms with E-state index in [2.05, 4.69) is 5.18 Å². The maximum absolute atomic E-state index is 11.9. The molecule has 1 N–H and O–H groups in total. The molecule has 0 spiro atoms. The van der Waals surface area contributed by atoms with E-state index >= 15 is 0 Å². The number of amides is 1. The zero-order valence-corrected chi connectivity index (χ0v) is 9.61. The van der Waals surface area contributed by atoms with Crippen molar-refractivity contribution in [1.29, 1.82) is 0 Å². The Bertz CT molecular complexity index is 428. The summed E-state index contributed by atoms with van der Waals surface area (Å²) in [5, 5.41) is 4.43. The SMILES string of the molecule is Cc1cc(CN=O)sc1C(=O)NCC(F)(F)F. The number of nitrogens with zero attached hydrogens (tertiary/aromatic N) is 1. The van der Waals surface area contributed by atoms with Crippen molar-refractivity contribution in [1.82, 2.24) is 5.32 Å². The number of alkyl halides is 3. The smallest absolute Gasteiger partial charge is 0.342 e. The van der Waals surface area contributed by atoms with Gasteiger partial charge < -0.3 is 5.32 Å². The van der Waals surface area contributed by atoms with Gasteiger partial charge in [0.05, 0.1) is 4.88 Å². The molecular formula is C9H9F3N2O2S. The molecule has 1 amide bonds. The van der Waals surface area contributed by atoms with Crippen LogP contribution in [0.2, 0.25) is 0 Å². The second-order valence-corrected chi connectivity index (χ2v) is 4.45. The largest absolute Gasteiger partial charge is 0.405 e. The molecule has 4 nitrogen and oxygen atoms in total. The standard InChI is InChI=1S/C9H9F3N2O2S/c1-5-2-6(3-14-16)17-7(5)8(15)13-4-9(10,11)12/h2H,3-4H2,1H3,(H,13,15). The van der Waals surface area contributed by atoms with E-state index in [9.17, 15) is 22.9 Å². The van der Waals surface area contributed by atoms with Gasteiger partial charge in [0.1, 0.15) is 13.1 Å². The van der Waals surface area contributed by atoms with Crippen LogP contribution in [0.3, 0.4) is 0 Å². The summed E-state index contributed by atoms with van der Waals surface area (Å²) in [7, 11) is 0. The Balaban J connectivity index is 2.72. The molecule has 0 saturated carbocycles. The molecule has 1 rings (SSSR count). The van der Waals surface area contributed by atoms with Crippen molar-refractivity contribution in [2.75, 3.05) is 6.54 Å². The van der Waals surface area contributed by atoms with Crippen LogP contribution in [0, 0.1) is 11.8 Å².